The molecular formula is C23H31N3O2S. The van der Waals surface area contributed by atoms with Crippen LogP contribution >= 0.6 is 11.3 Å². The van der Waals surface area contributed by atoms with Crippen LogP contribution in [0.2, 0.25) is 0 Å². The summed E-state index contributed by atoms with van der Waals surface area (Å²) in [6.07, 6.45) is 3.43. The highest BCUT2D eigenvalue weighted by molar-refractivity contribution is 7.12. The fourth-order valence-electron chi connectivity index (χ4n) is 4.04. The van der Waals surface area contributed by atoms with Crippen LogP contribution in [0.5, 0.6) is 0 Å². The number of nitrogens with one attached hydrogen (secondary N) is 2. The molecule has 1 fully saturated rings. The minimum absolute atomic E-state index is 0.0682. The lowest BCUT2D eigenvalue weighted by Gasteiger charge is -2.34. The zero-order valence-electron chi connectivity index (χ0n) is 17.3. The number of thiophene rings is 1. The molecule has 2 aromatic rings. The van der Waals surface area contributed by atoms with Crippen LogP contribution in [-0.2, 0) is 0 Å². The predicted molar refractivity (Wildman–Crippen MR) is 120 cm³/mol. The molecule has 1 aromatic heterocycles. The topological polar surface area (TPSA) is 61.4 Å². The summed E-state index contributed by atoms with van der Waals surface area (Å²) in [7, 11) is 0. The molecule has 2 amide bonds. The first-order valence-electron chi connectivity index (χ1n) is 10.5. The van der Waals surface area contributed by atoms with Gasteiger partial charge in [0, 0.05) is 30.9 Å². The molecule has 1 aliphatic heterocycles. The molecule has 2 atom stereocenters. The normalized spacial score (nSPS) is 19.7. The molecule has 29 heavy (non-hydrogen) atoms. The first kappa shape index (κ1) is 21.5. The molecule has 1 saturated heterocycles. The van der Waals surface area contributed by atoms with Gasteiger partial charge in [-0.2, -0.15) is 0 Å². The Morgan fingerprint density at radius 2 is 1.76 bits per heavy atom. The fourth-order valence-corrected chi connectivity index (χ4v) is 4.66. The van der Waals surface area contributed by atoms with E-state index >= 15 is 0 Å². The van der Waals surface area contributed by atoms with Gasteiger partial charge in [-0.05, 0) is 73.4 Å². The van der Waals surface area contributed by atoms with E-state index in [1.54, 1.807) is 30.3 Å². The van der Waals surface area contributed by atoms with Crippen LogP contribution in [0.3, 0.4) is 0 Å². The number of piperidine rings is 1. The molecule has 5 nitrogen and oxygen atoms in total. The van der Waals surface area contributed by atoms with Gasteiger partial charge in [-0.25, -0.2) is 0 Å². The van der Waals surface area contributed by atoms with Crippen molar-refractivity contribution in [2.24, 2.45) is 11.8 Å². The molecule has 2 heterocycles. The van der Waals surface area contributed by atoms with E-state index in [0.29, 0.717) is 22.7 Å². The number of hydrogen-bond donors (Lipinski definition) is 2. The van der Waals surface area contributed by atoms with Crippen molar-refractivity contribution < 1.29 is 9.59 Å². The Labute approximate surface area is 177 Å². The van der Waals surface area contributed by atoms with Crippen molar-refractivity contribution in [2.75, 3.05) is 31.5 Å². The molecule has 3 rings (SSSR count). The number of hydrogen-bond acceptors (Lipinski definition) is 4. The van der Waals surface area contributed by atoms with E-state index in [1.165, 1.54) is 30.8 Å². The van der Waals surface area contributed by atoms with Crippen molar-refractivity contribution in [1.29, 1.82) is 0 Å². The minimum Gasteiger partial charge on any atom is -0.352 e. The summed E-state index contributed by atoms with van der Waals surface area (Å²) in [6.45, 7) is 8.87. The molecule has 0 aliphatic carbocycles. The summed E-state index contributed by atoms with van der Waals surface area (Å²) in [5, 5.41) is 7.71. The number of benzene rings is 1. The lowest BCUT2D eigenvalue weighted by atomic mass is 9.92. The van der Waals surface area contributed by atoms with Crippen LogP contribution in [0.15, 0.2) is 41.8 Å². The second kappa shape index (κ2) is 10.6. The smallest absolute Gasteiger partial charge is 0.265 e. The highest BCUT2D eigenvalue weighted by Gasteiger charge is 2.20. The van der Waals surface area contributed by atoms with Gasteiger partial charge in [-0.15, -0.1) is 11.3 Å². The Morgan fingerprint density at radius 3 is 2.41 bits per heavy atom. The van der Waals surface area contributed by atoms with Gasteiger partial charge < -0.3 is 15.5 Å². The maximum absolute atomic E-state index is 12.3. The summed E-state index contributed by atoms with van der Waals surface area (Å²) >= 11 is 1.40. The number of anilines is 1. The lowest BCUT2D eigenvalue weighted by Crippen LogP contribution is -2.39. The highest BCUT2D eigenvalue weighted by atomic mass is 32.1. The average Bonchev–Trinajstić information content (AvgIpc) is 3.22. The molecule has 0 spiro atoms. The van der Waals surface area contributed by atoms with Crippen molar-refractivity contribution in [1.82, 2.24) is 10.2 Å². The van der Waals surface area contributed by atoms with E-state index in [0.717, 1.165) is 31.2 Å². The van der Waals surface area contributed by atoms with Crippen molar-refractivity contribution >= 4 is 28.8 Å². The van der Waals surface area contributed by atoms with Crippen LogP contribution < -0.4 is 10.6 Å². The van der Waals surface area contributed by atoms with Gasteiger partial charge in [0.1, 0.15) is 0 Å². The van der Waals surface area contributed by atoms with E-state index in [1.807, 2.05) is 11.4 Å². The SMILES string of the molecule is CC1CC(C)CN(CCCCNC(=O)c2ccc(NC(=O)c3cccs3)cc2)C1. The van der Waals surface area contributed by atoms with Crippen LogP contribution in [0, 0.1) is 11.8 Å². The van der Waals surface area contributed by atoms with Gasteiger partial charge in [-0.1, -0.05) is 19.9 Å². The molecule has 2 N–H and O–H groups in total. The molecule has 0 saturated carbocycles. The van der Waals surface area contributed by atoms with Gasteiger partial charge in [-0.3, -0.25) is 9.59 Å². The number of likely N-dealkylation sites (tertiary alicyclic amines) is 1. The Hall–Kier alpha value is -2.18. The molecule has 1 aliphatic rings. The fraction of sp³-hybridized carbons (Fsp3) is 0.478. The highest BCUT2D eigenvalue weighted by Crippen LogP contribution is 2.21. The Kier molecular flexibility index (Phi) is 7.83. The van der Waals surface area contributed by atoms with Crippen LogP contribution in [0.1, 0.15) is 53.1 Å². The zero-order chi connectivity index (χ0) is 20.6. The van der Waals surface area contributed by atoms with Gasteiger partial charge in [0.05, 0.1) is 4.88 Å². The maximum atomic E-state index is 12.3. The minimum atomic E-state index is -0.130. The molecule has 1 aromatic carbocycles. The van der Waals surface area contributed by atoms with Crippen molar-refractivity contribution in [2.45, 2.75) is 33.1 Å². The van der Waals surface area contributed by atoms with Crippen LogP contribution in [-0.4, -0.2) is 42.9 Å². The van der Waals surface area contributed by atoms with E-state index in [9.17, 15) is 9.59 Å². The average molecular weight is 414 g/mol. The zero-order valence-corrected chi connectivity index (χ0v) is 18.1. The molecule has 2 unspecified atom stereocenters. The van der Waals surface area contributed by atoms with Crippen LogP contribution in [0.4, 0.5) is 5.69 Å². The quantitative estimate of drug-likeness (QED) is 0.627. The summed E-state index contributed by atoms with van der Waals surface area (Å²) in [4.78, 5) is 27.6. The number of rotatable bonds is 8. The van der Waals surface area contributed by atoms with E-state index in [4.69, 9.17) is 0 Å². The van der Waals surface area contributed by atoms with E-state index < -0.39 is 0 Å². The van der Waals surface area contributed by atoms with Gasteiger partial charge >= 0.3 is 0 Å². The second-order valence-electron chi connectivity index (χ2n) is 8.18. The van der Waals surface area contributed by atoms with E-state index in [2.05, 4.69) is 29.4 Å². The Balaban J connectivity index is 1.35. The second-order valence-corrected chi connectivity index (χ2v) is 9.13. The number of carbonyl (C=O) groups is 2. The molecular weight excluding hydrogens is 382 g/mol. The third-order valence-corrected chi connectivity index (χ3v) is 6.15. The number of carbonyl (C=O) groups excluding carboxylic acids is 2. The van der Waals surface area contributed by atoms with Gasteiger partial charge in [0.2, 0.25) is 0 Å². The van der Waals surface area contributed by atoms with Crippen molar-refractivity contribution in [3.8, 4) is 0 Å². The monoisotopic (exact) mass is 413 g/mol. The Morgan fingerprint density at radius 1 is 1.03 bits per heavy atom. The summed E-state index contributed by atoms with van der Waals surface area (Å²) in [6, 6.07) is 10.7. The van der Waals surface area contributed by atoms with Gasteiger partial charge in [0.25, 0.3) is 11.8 Å². The number of amides is 2. The molecule has 0 bridgehead atoms. The largest absolute Gasteiger partial charge is 0.352 e. The van der Waals surface area contributed by atoms with Crippen molar-refractivity contribution in [3.63, 3.8) is 0 Å². The number of nitrogens with zero attached hydrogens (tertiary/aromatic N) is 1. The molecule has 6 heteroatoms. The maximum Gasteiger partial charge on any atom is 0.265 e. The summed E-state index contributed by atoms with van der Waals surface area (Å²) in [5.74, 6) is 1.38. The van der Waals surface area contributed by atoms with E-state index in [-0.39, 0.29) is 11.8 Å². The molecule has 0 radical (unpaired) electrons. The van der Waals surface area contributed by atoms with Crippen molar-refractivity contribution in [3.05, 3.63) is 52.2 Å². The summed E-state index contributed by atoms with van der Waals surface area (Å²) in [5.41, 5.74) is 1.29. The first-order chi connectivity index (χ1) is 14.0. The predicted octanol–water partition coefficient (Wildman–Crippen LogP) is 4.49. The lowest BCUT2D eigenvalue weighted by molar-refractivity contribution is 0.0951. The summed E-state index contributed by atoms with van der Waals surface area (Å²) < 4.78 is 0. The Bertz CT molecular complexity index is 779. The third kappa shape index (κ3) is 6.68. The third-order valence-electron chi connectivity index (χ3n) is 5.28. The van der Waals surface area contributed by atoms with Gasteiger partial charge in [0.15, 0.2) is 0 Å². The standard InChI is InChI=1S/C23H31N3O2S/c1-17-14-18(2)16-26(15-17)12-4-3-11-24-22(27)19-7-9-20(10-8-19)25-23(28)21-6-5-13-29-21/h5-10,13,17-18H,3-4,11-12,14-16H2,1-2H3,(H,24,27)(H,25,28). The van der Waals surface area contributed by atoms with Crippen LogP contribution in [0.25, 0.3) is 0 Å². The molecule has 156 valence electrons. The first-order valence-corrected chi connectivity index (χ1v) is 11.3. The number of unbranched alkanes of at least 4 members (excludes halogenated alkanes) is 1.